The van der Waals surface area contributed by atoms with E-state index in [0.29, 0.717) is 11.6 Å². The van der Waals surface area contributed by atoms with Gasteiger partial charge in [0.2, 0.25) is 0 Å². The molecule has 0 aliphatic rings. The highest BCUT2D eigenvalue weighted by atomic mass is 28.4. The first-order valence-electron chi connectivity index (χ1n) is 8.06. The fourth-order valence-electron chi connectivity index (χ4n) is 1.82. The third-order valence-electron chi connectivity index (χ3n) is 4.32. The molecule has 2 nitrogen and oxygen atoms in total. The Labute approximate surface area is 122 Å². The summed E-state index contributed by atoms with van der Waals surface area (Å²) in [7, 11) is -1.52. The van der Waals surface area contributed by atoms with Crippen LogP contribution in [-0.2, 0) is 4.43 Å². The highest BCUT2D eigenvalue weighted by Gasteiger charge is 2.36. The first-order chi connectivity index (χ1) is 8.81. The fraction of sp³-hybridized carbons (Fsp3) is 1.00. The van der Waals surface area contributed by atoms with Gasteiger partial charge in [-0.1, -0.05) is 59.3 Å². The predicted molar refractivity (Wildman–Crippen MR) is 87.2 cm³/mol. The molecule has 0 radical (unpaired) electrons. The van der Waals surface area contributed by atoms with Crippen LogP contribution in [0.1, 0.15) is 72.1 Å². The Kier molecular flexibility index (Phi) is 10.0. The molecular weight excluding hydrogens is 252 g/mol. The zero-order chi connectivity index (χ0) is 14.8. The van der Waals surface area contributed by atoms with Crippen LogP contribution in [0.5, 0.6) is 0 Å². The van der Waals surface area contributed by atoms with Gasteiger partial charge in [0.15, 0.2) is 8.32 Å². The van der Waals surface area contributed by atoms with Crippen LogP contribution in [-0.4, -0.2) is 26.6 Å². The summed E-state index contributed by atoms with van der Waals surface area (Å²) in [4.78, 5) is 0. The van der Waals surface area contributed by atoms with Crippen molar-refractivity contribution in [3.63, 3.8) is 0 Å². The van der Waals surface area contributed by atoms with Crippen molar-refractivity contribution in [1.82, 2.24) is 0 Å². The molecule has 3 heteroatoms. The lowest BCUT2D eigenvalue weighted by Gasteiger charge is -2.36. The molecule has 0 saturated heterocycles. The third kappa shape index (κ3) is 9.64. The maximum absolute atomic E-state index is 8.68. The molecule has 0 bridgehead atoms. The number of aliphatic hydroxyl groups is 1. The van der Waals surface area contributed by atoms with Crippen LogP contribution >= 0.6 is 0 Å². The minimum absolute atomic E-state index is 0.333. The van der Waals surface area contributed by atoms with E-state index < -0.39 is 8.32 Å². The normalized spacial score (nSPS) is 12.9. The molecule has 0 rings (SSSR count). The van der Waals surface area contributed by atoms with Crippen LogP contribution in [0.25, 0.3) is 0 Å². The van der Waals surface area contributed by atoms with Crippen LogP contribution in [0.3, 0.4) is 0 Å². The van der Waals surface area contributed by atoms with Gasteiger partial charge in [-0.3, -0.25) is 0 Å². The van der Waals surface area contributed by atoms with E-state index in [0.717, 1.165) is 13.0 Å². The van der Waals surface area contributed by atoms with E-state index >= 15 is 0 Å². The molecule has 0 spiro atoms. The van der Waals surface area contributed by atoms with Crippen molar-refractivity contribution in [3.8, 4) is 0 Å². The first kappa shape index (κ1) is 19.1. The minimum atomic E-state index is -1.52. The van der Waals surface area contributed by atoms with Gasteiger partial charge in [-0.2, -0.15) is 0 Å². The molecule has 116 valence electrons. The maximum Gasteiger partial charge on any atom is 0.191 e. The summed E-state index contributed by atoms with van der Waals surface area (Å²) in [6.45, 7) is 12.8. The monoisotopic (exact) mass is 288 g/mol. The maximum atomic E-state index is 8.68. The van der Waals surface area contributed by atoms with Gasteiger partial charge in [0.25, 0.3) is 0 Å². The Morgan fingerprint density at radius 2 is 1.21 bits per heavy atom. The summed E-state index contributed by atoms with van der Waals surface area (Å²) in [6, 6.07) is 0. The van der Waals surface area contributed by atoms with Gasteiger partial charge in [0.1, 0.15) is 0 Å². The van der Waals surface area contributed by atoms with E-state index in [1.807, 2.05) is 0 Å². The SMILES string of the molecule is CC(C)(C)[Si](C)(C)OCCCCCCCCCCO. The first-order valence-corrected chi connectivity index (χ1v) is 11.0. The zero-order valence-electron chi connectivity index (χ0n) is 13.9. The molecular formula is C16H36O2Si. The van der Waals surface area contributed by atoms with E-state index in [4.69, 9.17) is 9.53 Å². The summed E-state index contributed by atoms with van der Waals surface area (Å²) in [6.07, 6.45) is 9.94. The molecule has 0 fully saturated rings. The van der Waals surface area contributed by atoms with Crippen molar-refractivity contribution in [1.29, 1.82) is 0 Å². The Hall–Kier alpha value is 0.137. The van der Waals surface area contributed by atoms with Crippen molar-refractivity contribution >= 4 is 8.32 Å². The Balaban J connectivity index is 3.37. The van der Waals surface area contributed by atoms with E-state index in [9.17, 15) is 0 Å². The lowest BCUT2D eigenvalue weighted by atomic mass is 10.1. The molecule has 0 amide bonds. The zero-order valence-corrected chi connectivity index (χ0v) is 14.9. The van der Waals surface area contributed by atoms with Gasteiger partial charge < -0.3 is 9.53 Å². The van der Waals surface area contributed by atoms with Crippen molar-refractivity contribution < 1.29 is 9.53 Å². The average molecular weight is 289 g/mol. The number of hydrogen-bond acceptors (Lipinski definition) is 2. The van der Waals surface area contributed by atoms with Crippen molar-refractivity contribution in [2.24, 2.45) is 0 Å². The number of aliphatic hydroxyl groups excluding tert-OH is 1. The van der Waals surface area contributed by atoms with Crippen LogP contribution in [0.4, 0.5) is 0 Å². The number of rotatable bonds is 11. The molecule has 0 atom stereocenters. The molecule has 19 heavy (non-hydrogen) atoms. The molecule has 0 aliphatic heterocycles. The number of unbranched alkanes of at least 4 members (excludes halogenated alkanes) is 7. The molecule has 1 N–H and O–H groups in total. The second-order valence-electron chi connectivity index (χ2n) is 7.16. The summed E-state index contributed by atoms with van der Waals surface area (Å²) >= 11 is 0. The fourth-order valence-corrected chi connectivity index (χ4v) is 2.91. The van der Waals surface area contributed by atoms with E-state index in [1.165, 1.54) is 44.9 Å². The second kappa shape index (κ2) is 9.95. The quantitative estimate of drug-likeness (QED) is 0.422. The highest BCUT2D eigenvalue weighted by molar-refractivity contribution is 6.74. The van der Waals surface area contributed by atoms with Gasteiger partial charge in [-0.05, 0) is 31.0 Å². The standard InChI is InChI=1S/C16H36O2Si/c1-16(2,3)19(4,5)18-15-13-11-9-7-6-8-10-12-14-17/h17H,6-15H2,1-5H3. The van der Waals surface area contributed by atoms with Gasteiger partial charge in [-0.25, -0.2) is 0 Å². The lowest BCUT2D eigenvalue weighted by Crippen LogP contribution is -2.40. The van der Waals surface area contributed by atoms with E-state index in [-0.39, 0.29) is 0 Å². The van der Waals surface area contributed by atoms with Crippen LogP contribution in [0.15, 0.2) is 0 Å². The molecule has 0 aromatic rings. The summed E-state index contributed by atoms with van der Waals surface area (Å²) < 4.78 is 6.16. The predicted octanol–water partition coefficient (Wildman–Crippen LogP) is 5.12. The molecule has 0 aromatic carbocycles. The summed E-state index contributed by atoms with van der Waals surface area (Å²) in [5, 5.41) is 9.01. The Bertz CT molecular complexity index is 209. The van der Waals surface area contributed by atoms with Crippen molar-refractivity contribution in [3.05, 3.63) is 0 Å². The van der Waals surface area contributed by atoms with Crippen molar-refractivity contribution in [2.75, 3.05) is 13.2 Å². The minimum Gasteiger partial charge on any atom is -0.417 e. The third-order valence-corrected chi connectivity index (χ3v) is 8.86. The van der Waals surface area contributed by atoms with E-state index in [1.54, 1.807) is 0 Å². The van der Waals surface area contributed by atoms with Crippen LogP contribution in [0.2, 0.25) is 18.1 Å². The van der Waals surface area contributed by atoms with Gasteiger partial charge in [0, 0.05) is 13.2 Å². The average Bonchev–Trinajstić information content (AvgIpc) is 2.30. The summed E-state index contributed by atoms with van der Waals surface area (Å²) in [5.74, 6) is 0. The van der Waals surface area contributed by atoms with Crippen molar-refractivity contribution in [2.45, 2.75) is 90.3 Å². The van der Waals surface area contributed by atoms with Crippen LogP contribution in [0, 0.1) is 0 Å². The Morgan fingerprint density at radius 1 is 0.789 bits per heavy atom. The van der Waals surface area contributed by atoms with Gasteiger partial charge in [0.05, 0.1) is 0 Å². The summed E-state index contributed by atoms with van der Waals surface area (Å²) in [5.41, 5.74) is 0. The second-order valence-corrected chi connectivity index (χ2v) is 12.0. The molecule has 0 saturated carbocycles. The Morgan fingerprint density at radius 3 is 1.63 bits per heavy atom. The highest BCUT2D eigenvalue weighted by Crippen LogP contribution is 2.36. The lowest BCUT2D eigenvalue weighted by molar-refractivity contribution is 0.276. The molecule has 0 heterocycles. The van der Waals surface area contributed by atoms with E-state index in [2.05, 4.69) is 33.9 Å². The molecule has 0 unspecified atom stereocenters. The smallest absolute Gasteiger partial charge is 0.191 e. The number of hydrogen-bond donors (Lipinski definition) is 1. The largest absolute Gasteiger partial charge is 0.417 e. The van der Waals surface area contributed by atoms with Gasteiger partial charge in [-0.15, -0.1) is 0 Å². The topological polar surface area (TPSA) is 29.5 Å². The van der Waals surface area contributed by atoms with Gasteiger partial charge >= 0.3 is 0 Å². The van der Waals surface area contributed by atoms with Crippen LogP contribution < -0.4 is 0 Å². The molecule has 0 aliphatic carbocycles. The molecule has 0 aromatic heterocycles.